The molecule has 0 unspecified atom stereocenters. The Balaban J connectivity index is -0.0000000910. The van der Waals surface area contributed by atoms with Gasteiger partial charge in [0, 0.05) is 6.26 Å². The van der Waals surface area contributed by atoms with Gasteiger partial charge in [0.15, 0.2) is 0 Å². The minimum Gasteiger partial charge on any atom is -0.748 e. The monoisotopic (exact) mass is 164 g/mol. The molecule has 0 aromatic carbocycles. The summed E-state index contributed by atoms with van der Waals surface area (Å²) in [6.07, 6.45) is 0.604. The molecule has 0 rings (SSSR count). The fraction of sp³-hybridized carbons (Fsp3) is 1.00. The minimum atomic E-state index is -3.92. The van der Waals surface area contributed by atoms with Gasteiger partial charge in [0.05, 0.1) is 10.1 Å². The van der Waals surface area contributed by atoms with Crippen molar-refractivity contribution < 1.29 is 46.9 Å². The molecular formula is CH6BLiO6S. The van der Waals surface area contributed by atoms with Crippen LogP contribution in [0.25, 0.3) is 0 Å². The van der Waals surface area contributed by atoms with Crippen molar-refractivity contribution in [3.8, 4) is 0 Å². The molecule has 0 amide bonds. The van der Waals surface area contributed by atoms with E-state index in [1.54, 1.807) is 0 Å². The molecule has 0 aromatic rings. The second kappa shape index (κ2) is 7.56. The van der Waals surface area contributed by atoms with Crippen LogP contribution in [-0.2, 0) is 10.1 Å². The van der Waals surface area contributed by atoms with Crippen LogP contribution in [0.5, 0.6) is 0 Å². The Morgan fingerprint density at radius 2 is 1.30 bits per heavy atom. The van der Waals surface area contributed by atoms with Gasteiger partial charge in [0.25, 0.3) is 0 Å². The van der Waals surface area contributed by atoms with Crippen molar-refractivity contribution in [3.05, 3.63) is 0 Å². The van der Waals surface area contributed by atoms with Crippen molar-refractivity contribution in [1.82, 2.24) is 0 Å². The molecule has 0 spiro atoms. The van der Waals surface area contributed by atoms with Gasteiger partial charge in [-0.3, -0.25) is 0 Å². The van der Waals surface area contributed by atoms with E-state index >= 15 is 0 Å². The van der Waals surface area contributed by atoms with Gasteiger partial charge in [-0.25, -0.2) is 8.42 Å². The zero-order chi connectivity index (χ0) is 8.08. The first kappa shape index (κ1) is 16.8. The SMILES string of the molecule is CS(=O)(=O)[O-].OB(O)O.[Li+]. The molecule has 0 saturated heterocycles. The molecule has 0 aromatic heterocycles. The van der Waals surface area contributed by atoms with Crippen LogP contribution in [-0.4, -0.2) is 41.6 Å². The molecule has 6 nitrogen and oxygen atoms in total. The maximum absolute atomic E-state index is 9.08. The predicted octanol–water partition coefficient (Wildman–Crippen LogP) is -5.89. The fourth-order valence-electron chi connectivity index (χ4n) is 0. The zero-order valence-electron chi connectivity index (χ0n) is 5.55. The third kappa shape index (κ3) is 2290. The quantitative estimate of drug-likeness (QED) is 0.242. The van der Waals surface area contributed by atoms with Crippen LogP contribution in [0.1, 0.15) is 0 Å². The van der Waals surface area contributed by atoms with E-state index in [1.165, 1.54) is 0 Å². The normalized spacial score (nSPS) is 8.50. The zero-order valence-corrected chi connectivity index (χ0v) is 6.37. The van der Waals surface area contributed by atoms with E-state index in [0.29, 0.717) is 6.26 Å². The van der Waals surface area contributed by atoms with Crippen LogP contribution >= 0.6 is 0 Å². The van der Waals surface area contributed by atoms with Crippen molar-refractivity contribution in [3.63, 3.8) is 0 Å². The van der Waals surface area contributed by atoms with E-state index in [0.717, 1.165) is 0 Å². The van der Waals surface area contributed by atoms with Gasteiger partial charge in [0.2, 0.25) is 0 Å². The fourth-order valence-corrected chi connectivity index (χ4v) is 0. The van der Waals surface area contributed by atoms with Gasteiger partial charge < -0.3 is 19.6 Å². The standard InChI is InChI=1S/CH4O3S.BH3O3.Li/c1-5(2,3)4;2-1(3)4;/h1H3,(H,2,3,4);2-4H;/q;;+1/p-1. The van der Waals surface area contributed by atoms with E-state index in [4.69, 9.17) is 28.0 Å². The summed E-state index contributed by atoms with van der Waals surface area (Å²) in [4.78, 5) is 0. The number of rotatable bonds is 0. The largest absolute Gasteiger partial charge is 1.00 e. The second-order valence-electron chi connectivity index (χ2n) is 1.05. The first-order valence-corrected chi connectivity index (χ1v) is 3.50. The number of hydrogen-bond acceptors (Lipinski definition) is 6. The summed E-state index contributed by atoms with van der Waals surface area (Å²) in [6.45, 7) is 0. The molecule has 0 atom stereocenters. The summed E-state index contributed by atoms with van der Waals surface area (Å²) < 4.78 is 27.2. The molecule has 0 bridgehead atoms. The van der Waals surface area contributed by atoms with Crippen molar-refractivity contribution in [2.45, 2.75) is 0 Å². The summed E-state index contributed by atoms with van der Waals surface area (Å²) in [5, 5.41) is 21.5. The van der Waals surface area contributed by atoms with Gasteiger partial charge in [0.1, 0.15) is 0 Å². The van der Waals surface area contributed by atoms with E-state index < -0.39 is 17.4 Å². The molecule has 0 aliphatic heterocycles. The van der Waals surface area contributed by atoms with Crippen LogP contribution in [0, 0.1) is 0 Å². The Morgan fingerprint density at radius 3 is 1.30 bits per heavy atom. The van der Waals surface area contributed by atoms with E-state index in [9.17, 15) is 0 Å². The maximum atomic E-state index is 9.08. The molecule has 0 fully saturated rings. The summed E-state index contributed by atoms with van der Waals surface area (Å²) in [5.41, 5.74) is 0. The molecule has 0 aliphatic carbocycles. The van der Waals surface area contributed by atoms with E-state index in [1.807, 2.05) is 0 Å². The predicted molar refractivity (Wildman–Crippen MR) is 28.0 cm³/mol. The molecule has 3 N–H and O–H groups in total. The van der Waals surface area contributed by atoms with Crippen LogP contribution in [0.2, 0.25) is 0 Å². The van der Waals surface area contributed by atoms with Crippen LogP contribution in [0.3, 0.4) is 0 Å². The van der Waals surface area contributed by atoms with Crippen molar-refractivity contribution in [2.24, 2.45) is 0 Å². The first-order chi connectivity index (χ1) is 3.73. The first-order valence-electron chi connectivity index (χ1n) is 1.68. The van der Waals surface area contributed by atoms with Gasteiger partial charge >= 0.3 is 26.2 Å². The van der Waals surface area contributed by atoms with Gasteiger partial charge in [-0.2, -0.15) is 0 Å². The Kier molecular flexibility index (Phi) is 12.7. The Morgan fingerprint density at radius 1 is 1.30 bits per heavy atom. The van der Waals surface area contributed by atoms with Crippen molar-refractivity contribution >= 4 is 17.4 Å². The Hall–Kier alpha value is 0.452. The Bertz CT molecular complexity index is 129. The number of hydrogen-bond donors (Lipinski definition) is 3. The summed E-state index contributed by atoms with van der Waals surface area (Å²) >= 11 is 0. The molecule has 10 heavy (non-hydrogen) atoms. The second-order valence-corrected chi connectivity index (χ2v) is 2.46. The summed E-state index contributed by atoms with van der Waals surface area (Å²) in [6, 6.07) is 0. The van der Waals surface area contributed by atoms with E-state index in [2.05, 4.69) is 0 Å². The topological polar surface area (TPSA) is 118 Å². The maximum Gasteiger partial charge on any atom is 1.00 e. The molecular weight excluding hydrogens is 158 g/mol. The average molecular weight is 164 g/mol. The van der Waals surface area contributed by atoms with Gasteiger partial charge in [-0.1, -0.05) is 0 Å². The molecule has 0 radical (unpaired) electrons. The molecule has 0 heterocycles. The van der Waals surface area contributed by atoms with Crippen molar-refractivity contribution in [2.75, 3.05) is 6.26 Å². The van der Waals surface area contributed by atoms with Crippen LogP contribution < -0.4 is 18.9 Å². The van der Waals surface area contributed by atoms with Crippen LogP contribution in [0.15, 0.2) is 0 Å². The van der Waals surface area contributed by atoms with E-state index in [-0.39, 0.29) is 18.9 Å². The third-order valence-electron chi connectivity index (χ3n) is 0. The third-order valence-corrected chi connectivity index (χ3v) is 0. The molecule has 0 saturated carbocycles. The summed E-state index contributed by atoms with van der Waals surface area (Å²) in [7, 11) is -6.08. The van der Waals surface area contributed by atoms with Crippen LogP contribution in [0.4, 0.5) is 0 Å². The molecule has 56 valence electrons. The molecule has 9 heteroatoms. The Labute approximate surface area is 71.0 Å². The molecule has 0 aliphatic rings. The van der Waals surface area contributed by atoms with Crippen molar-refractivity contribution in [1.29, 1.82) is 0 Å². The summed E-state index contributed by atoms with van der Waals surface area (Å²) in [5.74, 6) is 0. The van der Waals surface area contributed by atoms with Gasteiger partial charge in [-0.05, 0) is 0 Å². The minimum absolute atomic E-state index is 0. The van der Waals surface area contributed by atoms with Gasteiger partial charge in [-0.15, -0.1) is 0 Å². The smallest absolute Gasteiger partial charge is 0.748 e. The average Bonchev–Trinajstić information content (AvgIpc) is 1.19.